The standard InChI is InChI=1S/C13H15NO2/c15-11-4-5-13-12(6-11)9(8-16-13)7-14-10-2-1-3-10/h4-6,8,10,14-15H,1-3,7H2. The largest absolute Gasteiger partial charge is 0.508 e. The van der Waals surface area contributed by atoms with Gasteiger partial charge in [-0.15, -0.1) is 0 Å². The van der Waals surface area contributed by atoms with Gasteiger partial charge in [-0.1, -0.05) is 6.42 Å². The number of aromatic hydroxyl groups is 1. The molecule has 1 heterocycles. The molecule has 0 spiro atoms. The van der Waals surface area contributed by atoms with E-state index in [1.165, 1.54) is 19.3 Å². The molecule has 0 aliphatic heterocycles. The van der Waals surface area contributed by atoms with Crippen LogP contribution >= 0.6 is 0 Å². The molecular formula is C13H15NO2. The van der Waals surface area contributed by atoms with Crippen LogP contribution in [0.4, 0.5) is 0 Å². The lowest BCUT2D eigenvalue weighted by Gasteiger charge is -2.26. The number of hydrogen-bond donors (Lipinski definition) is 2. The summed E-state index contributed by atoms with van der Waals surface area (Å²) in [7, 11) is 0. The van der Waals surface area contributed by atoms with E-state index in [9.17, 15) is 5.11 Å². The fourth-order valence-corrected chi connectivity index (χ4v) is 2.07. The lowest BCUT2D eigenvalue weighted by molar-refractivity contribution is 0.338. The molecule has 2 N–H and O–H groups in total. The quantitative estimate of drug-likeness (QED) is 0.831. The van der Waals surface area contributed by atoms with E-state index >= 15 is 0 Å². The second-order valence-electron chi connectivity index (χ2n) is 4.45. The molecule has 3 rings (SSSR count). The van der Waals surface area contributed by atoms with Crippen molar-refractivity contribution in [3.63, 3.8) is 0 Å². The molecule has 3 nitrogen and oxygen atoms in total. The molecule has 1 saturated carbocycles. The molecule has 2 aromatic rings. The van der Waals surface area contributed by atoms with Gasteiger partial charge in [0.15, 0.2) is 0 Å². The van der Waals surface area contributed by atoms with Gasteiger partial charge in [-0.2, -0.15) is 0 Å². The van der Waals surface area contributed by atoms with E-state index in [4.69, 9.17) is 4.42 Å². The Hall–Kier alpha value is -1.48. The van der Waals surface area contributed by atoms with Crippen molar-refractivity contribution in [1.29, 1.82) is 0 Å². The first kappa shape index (κ1) is 9.73. The van der Waals surface area contributed by atoms with Crippen LogP contribution in [0.25, 0.3) is 11.0 Å². The van der Waals surface area contributed by atoms with E-state index in [1.54, 1.807) is 24.5 Å². The Labute approximate surface area is 94.1 Å². The van der Waals surface area contributed by atoms with Crippen molar-refractivity contribution >= 4 is 11.0 Å². The molecule has 0 atom stereocenters. The number of phenols is 1. The van der Waals surface area contributed by atoms with Crippen LogP contribution in [0.2, 0.25) is 0 Å². The fourth-order valence-electron chi connectivity index (χ4n) is 2.07. The van der Waals surface area contributed by atoms with Gasteiger partial charge in [0.2, 0.25) is 0 Å². The van der Waals surface area contributed by atoms with Gasteiger partial charge >= 0.3 is 0 Å². The van der Waals surface area contributed by atoms with Crippen LogP contribution in [0.1, 0.15) is 24.8 Å². The van der Waals surface area contributed by atoms with Gasteiger partial charge < -0.3 is 14.8 Å². The summed E-state index contributed by atoms with van der Waals surface area (Å²) < 4.78 is 5.44. The van der Waals surface area contributed by atoms with Crippen LogP contribution in [0.15, 0.2) is 28.9 Å². The summed E-state index contributed by atoms with van der Waals surface area (Å²) in [5.41, 5.74) is 1.96. The highest BCUT2D eigenvalue weighted by molar-refractivity contribution is 5.82. The molecule has 1 aliphatic rings. The Bertz CT molecular complexity index is 500. The molecule has 0 amide bonds. The fraction of sp³-hybridized carbons (Fsp3) is 0.385. The Kier molecular flexibility index (Phi) is 2.33. The minimum absolute atomic E-state index is 0.291. The van der Waals surface area contributed by atoms with Gasteiger partial charge in [-0.05, 0) is 31.0 Å². The molecule has 0 radical (unpaired) electrons. The Morgan fingerprint density at radius 2 is 2.25 bits per heavy atom. The molecule has 1 aromatic heterocycles. The maximum Gasteiger partial charge on any atom is 0.134 e. The van der Waals surface area contributed by atoms with Gasteiger partial charge in [-0.3, -0.25) is 0 Å². The predicted molar refractivity (Wildman–Crippen MR) is 62.4 cm³/mol. The third-order valence-electron chi connectivity index (χ3n) is 3.32. The van der Waals surface area contributed by atoms with Crippen molar-refractivity contribution in [2.24, 2.45) is 0 Å². The van der Waals surface area contributed by atoms with Gasteiger partial charge in [0.1, 0.15) is 11.3 Å². The first-order valence-electron chi connectivity index (χ1n) is 5.75. The molecule has 1 aliphatic carbocycles. The third kappa shape index (κ3) is 1.67. The highest BCUT2D eigenvalue weighted by atomic mass is 16.3. The van der Waals surface area contributed by atoms with Crippen LogP contribution in [0.5, 0.6) is 5.75 Å². The average molecular weight is 217 g/mol. The number of rotatable bonds is 3. The molecule has 1 aromatic carbocycles. The summed E-state index contributed by atoms with van der Waals surface area (Å²) in [5.74, 6) is 0.291. The summed E-state index contributed by atoms with van der Waals surface area (Å²) in [6.45, 7) is 0.821. The smallest absolute Gasteiger partial charge is 0.134 e. The molecule has 84 valence electrons. The molecule has 1 fully saturated rings. The van der Waals surface area contributed by atoms with Crippen molar-refractivity contribution in [1.82, 2.24) is 5.32 Å². The van der Waals surface area contributed by atoms with Crippen molar-refractivity contribution in [2.75, 3.05) is 0 Å². The highest BCUT2D eigenvalue weighted by Crippen LogP contribution is 2.26. The van der Waals surface area contributed by atoms with Crippen molar-refractivity contribution < 1.29 is 9.52 Å². The van der Waals surface area contributed by atoms with Gasteiger partial charge in [-0.25, -0.2) is 0 Å². The van der Waals surface area contributed by atoms with E-state index in [-0.39, 0.29) is 0 Å². The maximum absolute atomic E-state index is 9.45. The zero-order chi connectivity index (χ0) is 11.0. The second kappa shape index (κ2) is 3.83. The van der Waals surface area contributed by atoms with Gasteiger partial charge in [0.05, 0.1) is 6.26 Å². The first-order chi connectivity index (χ1) is 7.83. The number of furan rings is 1. The van der Waals surface area contributed by atoms with E-state index in [0.717, 1.165) is 23.1 Å². The van der Waals surface area contributed by atoms with Crippen molar-refractivity contribution in [3.05, 3.63) is 30.0 Å². The molecule has 0 saturated heterocycles. The van der Waals surface area contributed by atoms with E-state index < -0.39 is 0 Å². The number of phenolic OH excluding ortho intramolecular Hbond substituents is 1. The molecular weight excluding hydrogens is 202 g/mol. The van der Waals surface area contributed by atoms with Crippen LogP contribution < -0.4 is 5.32 Å². The number of hydrogen-bond acceptors (Lipinski definition) is 3. The minimum atomic E-state index is 0.291. The number of nitrogens with one attached hydrogen (secondary N) is 1. The van der Waals surface area contributed by atoms with E-state index in [1.807, 2.05) is 0 Å². The topological polar surface area (TPSA) is 45.4 Å². The van der Waals surface area contributed by atoms with Crippen molar-refractivity contribution in [2.45, 2.75) is 31.8 Å². The Balaban J connectivity index is 1.82. The van der Waals surface area contributed by atoms with Crippen LogP contribution in [-0.2, 0) is 6.54 Å². The minimum Gasteiger partial charge on any atom is -0.508 e. The van der Waals surface area contributed by atoms with Crippen LogP contribution in [-0.4, -0.2) is 11.1 Å². The maximum atomic E-state index is 9.45. The number of fused-ring (bicyclic) bond motifs is 1. The summed E-state index contributed by atoms with van der Waals surface area (Å²) in [4.78, 5) is 0. The predicted octanol–water partition coefficient (Wildman–Crippen LogP) is 2.78. The van der Waals surface area contributed by atoms with Gasteiger partial charge in [0, 0.05) is 23.5 Å². The highest BCUT2D eigenvalue weighted by Gasteiger charge is 2.17. The van der Waals surface area contributed by atoms with E-state index in [2.05, 4.69) is 5.32 Å². The SMILES string of the molecule is Oc1ccc2occ(CNC3CCC3)c2c1. The normalized spacial score (nSPS) is 16.5. The first-order valence-corrected chi connectivity index (χ1v) is 5.75. The summed E-state index contributed by atoms with van der Waals surface area (Å²) in [6.07, 6.45) is 5.67. The molecule has 0 bridgehead atoms. The zero-order valence-electron chi connectivity index (χ0n) is 9.07. The zero-order valence-corrected chi connectivity index (χ0v) is 9.07. The average Bonchev–Trinajstić information content (AvgIpc) is 2.59. The lowest BCUT2D eigenvalue weighted by Crippen LogP contribution is -2.34. The Morgan fingerprint density at radius 3 is 3.00 bits per heavy atom. The van der Waals surface area contributed by atoms with E-state index in [0.29, 0.717) is 11.8 Å². The number of benzene rings is 1. The molecule has 3 heteroatoms. The molecule has 16 heavy (non-hydrogen) atoms. The third-order valence-corrected chi connectivity index (χ3v) is 3.32. The van der Waals surface area contributed by atoms with Crippen LogP contribution in [0, 0.1) is 0 Å². The summed E-state index contributed by atoms with van der Waals surface area (Å²) in [6, 6.07) is 5.88. The van der Waals surface area contributed by atoms with Crippen molar-refractivity contribution in [3.8, 4) is 5.75 Å². The lowest BCUT2D eigenvalue weighted by atomic mass is 9.93. The monoisotopic (exact) mass is 217 g/mol. The Morgan fingerprint density at radius 1 is 1.38 bits per heavy atom. The second-order valence-corrected chi connectivity index (χ2v) is 4.45. The summed E-state index contributed by atoms with van der Waals surface area (Å²) in [5, 5.41) is 13.9. The van der Waals surface area contributed by atoms with Gasteiger partial charge in [0.25, 0.3) is 0 Å². The van der Waals surface area contributed by atoms with Crippen LogP contribution in [0.3, 0.4) is 0 Å². The summed E-state index contributed by atoms with van der Waals surface area (Å²) >= 11 is 0. The molecule has 0 unspecified atom stereocenters.